The summed E-state index contributed by atoms with van der Waals surface area (Å²) in [7, 11) is 3.12. The van der Waals surface area contributed by atoms with Gasteiger partial charge in [-0.3, -0.25) is 9.36 Å². The molecule has 0 unspecified atom stereocenters. The average molecular weight is 530 g/mol. The number of methoxy groups -OCH3 is 2. The van der Waals surface area contributed by atoms with Gasteiger partial charge in [-0.15, -0.1) is 10.2 Å². The van der Waals surface area contributed by atoms with E-state index in [-0.39, 0.29) is 11.7 Å². The number of nitrogens with one attached hydrogen (secondary N) is 2. The number of para-hydroxylation sites is 1. The summed E-state index contributed by atoms with van der Waals surface area (Å²) in [5, 5.41) is 13.5. The summed E-state index contributed by atoms with van der Waals surface area (Å²) in [4.78, 5) is 16.2. The van der Waals surface area contributed by atoms with E-state index < -0.39 is 0 Å². The second-order valence-electron chi connectivity index (χ2n) is 8.22. The summed E-state index contributed by atoms with van der Waals surface area (Å²) in [5.41, 5.74) is 3.34. The third kappa shape index (κ3) is 5.16. The predicted molar refractivity (Wildman–Crippen MR) is 149 cm³/mol. The van der Waals surface area contributed by atoms with Crippen molar-refractivity contribution in [3.8, 4) is 34.3 Å². The van der Waals surface area contributed by atoms with E-state index in [4.69, 9.17) is 14.2 Å². The van der Waals surface area contributed by atoms with Crippen LogP contribution in [0.4, 0.5) is 5.69 Å². The average Bonchev–Trinajstić information content (AvgIpc) is 3.57. The number of aromatic nitrogens is 4. The number of carbonyl (C=O) groups excluding carboxylic acids is 1. The van der Waals surface area contributed by atoms with Crippen LogP contribution in [0.25, 0.3) is 28.0 Å². The molecule has 0 saturated heterocycles. The second-order valence-corrected chi connectivity index (χ2v) is 9.16. The molecule has 38 heavy (non-hydrogen) atoms. The summed E-state index contributed by atoms with van der Waals surface area (Å²) < 4.78 is 18.2. The predicted octanol–water partition coefficient (Wildman–Crippen LogP) is 5.56. The molecule has 0 atom stereocenters. The van der Waals surface area contributed by atoms with E-state index in [1.54, 1.807) is 32.4 Å². The smallest absolute Gasteiger partial charge is 0.234 e. The van der Waals surface area contributed by atoms with Gasteiger partial charge in [0.25, 0.3) is 0 Å². The van der Waals surface area contributed by atoms with Crippen molar-refractivity contribution in [2.45, 2.75) is 12.1 Å². The molecule has 2 N–H and O–H groups in total. The number of hydrogen-bond acceptors (Lipinski definition) is 7. The van der Waals surface area contributed by atoms with Crippen LogP contribution in [0.15, 0.2) is 78.1 Å². The minimum absolute atomic E-state index is 0.123. The standard InChI is InChI=1S/C28H27N5O4S/c1-4-37-19-11-9-18(10-12-19)33-27(22-16-29-23-8-6-5-7-21(22)23)31-32-28(33)38-17-26(34)30-24-14-13-20(35-2)15-25(24)36-3/h5-16,29H,4,17H2,1-3H3,(H,30,34). The van der Waals surface area contributed by atoms with Gasteiger partial charge >= 0.3 is 0 Å². The Morgan fingerprint density at radius 3 is 2.55 bits per heavy atom. The maximum atomic E-state index is 12.9. The fourth-order valence-corrected chi connectivity index (χ4v) is 4.86. The van der Waals surface area contributed by atoms with Crippen LogP contribution in [0.5, 0.6) is 17.2 Å². The highest BCUT2D eigenvalue weighted by Crippen LogP contribution is 2.33. The summed E-state index contributed by atoms with van der Waals surface area (Å²) >= 11 is 1.30. The molecule has 0 aliphatic heterocycles. The number of nitrogens with zero attached hydrogens (tertiary/aromatic N) is 3. The fourth-order valence-electron chi connectivity index (χ4n) is 4.10. The number of H-pyrrole nitrogens is 1. The Morgan fingerprint density at radius 1 is 1.00 bits per heavy atom. The summed E-state index contributed by atoms with van der Waals surface area (Å²) in [6.07, 6.45) is 1.93. The van der Waals surface area contributed by atoms with Gasteiger partial charge in [-0.1, -0.05) is 30.0 Å². The van der Waals surface area contributed by atoms with Crippen molar-refractivity contribution < 1.29 is 19.0 Å². The number of benzene rings is 3. The van der Waals surface area contributed by atoms with Gasteiger partial charge < -0.3 is 24.5 Å². The van der Waals surface area contributed by atoms with E-state index in [0.717, 1.165) is 27.9 Å². The monoisotopic (exact) mass is 529 g/mol. The molecule has 5 rings (SSSR count). The molecular weight excluding hydrogens is 502 g/mol. The van der Waals surface area contributed by atoms with Gasteiger partial charge in [0.2, 0.25) is 5.91 Å². The highest BCUT2D eigenvalue weighted by molar-refractivity contribution is 7.99. The molecule has 0 spiro atoms. The van der Waals surface area contributed by atoms with Gasteiger partial charge in [0, 0.05) is 34.4 Å². The molecule has 0 aliphatic carbocycles. The number of ether oxygens (including phenoxy) is 3. The number of amides is 1. The Morgan fingerprint density at radius 2 is 1.79 bits per heavy atom. The van der Waals surface area contributed by atoms with Crippen molar-refractivity contribution in [2.24, 2.45) is 0 Å². The van der Waals surface area contributed by atoms with Crippen molar-refractivity contribution in [1.29, 1.82) is 0 Å². The van der Waals surface area contributed by atoms with Gasteiger partial charge in [0.1, 0.15) is 17.2 Å². The summed E-state index contributed by atoms with van der Waals surface area (Å²) in [6, 6.07) is 21.0. The van der Waals surface area contributed by atoms with Crippen molar-refractivity contribution in [2.75, 3.05) is 31.9 Å². The lowest BCUT2D eigenvalue weighted by molar-refractivity contribution is -0.113. The van der Waals surface area contributed by atoms with Crippen LogP contribution in [0.1, 0.15) is 6.92 Å². The Labute approximate surface area is 224 Å². The number of carbonyl (C=O) groups is 1. The molecule has 9 nitrogen and oxygen atoms in total. The molecule has 0 aliphatic rings. The number of hydrogen-bond donors (Lipinski definition) is 2. The number of aromatic amines is 1. The molecule has 0 fully saturated rings. The number of thioether (sulfide) groups is 1. The Hall–Kier alpha value is -4.44. The molecule has 194 valence electrons. The van der Waals surface area contributed by atoms with Gasteiger partial charge in [-0.2, -0.15) is 0 Å². The van der Waals surface area contributed by atoms with E-state index in [1.165, 1.54) is 11.8 Å². The third-order valence-electron chi connectivity index (χ3n) is 5.88. The first-order chi connectivity index (χ1) is 18.6. The van der Waals surface area contributed by atoms with E-state index >= 15 is 0 Å². The van der Waals surface area contributed by atoms with Crippen molar-refractivity contribution in [3.63, 3.8) is 0 Å². The lowest BCUT2D eigenvalue weighted by Crippen LogP contribution is -2.15. The van der Waals surface area contributed by atoms with Gasteiger partial charge in [-0.05, 0) is 49.4 Å². The molecular formula is C28H27N5O4S. The Kier molecular flexibility index (Phi) is 7.50. The van der Waals surface area contributed by atoms with Crippen molar-refractivity contribution >= 4 is 34.3 Å². The van der Waals surface area contributed by atoms with Crippen LogP contribution in [-0.2, 0) is 4.79 Å². The molecule has 0 saturated carbocycles. The van der Waals surface area contributed by atoms with E-state index in [0.29, 0.717) is 34.8 Å². The van der Waals surface area contributed by atoms with Crippen LogP contribution >= 0.6 is 11.8 Å². The molecule has 2 aromatic heterocycles. The first-order valence-electron chi connectivity index (χ1n) is 12.0. The topological polar surface area (TPSA) is 103 Å². The molecule has 10 heteroatoms. The number of fused-ring (bicyclic) bond motifs is 1. The molecule has 2 heterocycles. The SMILES string of the molecule is CCOc1ccc(-n2c(SCC(=O)Nc3ccc(OC)cc3OC)nnc2-c2c[nH]c3ccccc23)cc1. The second kappa shape index (κ2) is 11.3. The van der Waals surface area contributed by atoms with Crippen LogP contribution < -0.4 is 19.5 Å². The minimum atomic E-state index is -0.201. The summed E-state index contributed by atoms with van der Waals surface area (Å²) in [6.45, 7) is 2.53. The van der Waals surface area contributed by atoms with Gasteiger partial charge in [0.05, 0.1) is 32.3 Å². The summed E-state index contributed by atoms with van der Waals surface area (Å²) in [5.74, 6) is 2.53. The van der Waals surface area contributed by atoms with Crippen LogP contribution in [0.3, 0.4) is 0 Å². The Balaban J connectivity index is 1.44. The van der Waals surface area contributed by atoms with Gasteiger partial charge in [-0.25, -0.2) is 0 Å². The van der Waals surface area contributed by atoms with E-state index in [2.05, 4.69) is 20.5 Å². The zero-order valence-corrected chi connectivity index (χ0v) is 22.0. The normalized spacial score (nSPS) is 10.9. The largest absolute Gasteiger partial charge is 0.497 e. The van der Waals surface area contributed by atoms with E-state index in [9.17, 15) is 4.79 Å². The lowest BCUT2D eigenvalue weighted by atomic mass is 10.1. The van der Waals surface area contributed by atoms with Crippen molar-refractivity contribution in [3.05, 3.63) is 72.9 Å². The van der Waals surface area contributed by atoms with Crippen molar-refractivity contribution in [1.82, 2.24) is 19.7 Å². The fraction of sp³-hybridized carbons (Fsp3) is 0.179. The third-order valence-corrected chi connectivity index (χ3v) is 6.81. The van der Waals surface area contributed by atoms with Crippen LogP contribution in [0, 0.1) is 0 Å². The highest BCUT2D eigenvalue weighted by atomic mass is 32.2. The molecule has 5 aromatic rings. The molecule has 1 amide bonds. The van der Waals surface area contributed by atoms with E-state index in [1.807, 2.05) is 66.2 Å². The molecule has 0 radical (unpaired) electrons. The zero-order chi connectivity index (χ0) is 26.5. The Bertz CT molecular complexity index is 1560. The number of rotatable bonds is 10. The van der Waals surface area contributed by atoms with Crippen LogP contribution in [-0.4, -0.2) is 52.2 Å². The first-order valence-corrected chi connectivity index (χ1v) is 13.0. The maximum Gasteiger partial charge on any atom is 0.234 e. The highest BCUT2D eigenvalue weighted by Gasteiger charge is 2.20. The van der Waals surface area contributed by atoms with Gasteiger partial charge in [0.15, 0.2) is 11.0 Å². The maximum absolute atomic E-state index is 12.9. The quantitative estimate of drug-likeness (QED) is 0.228. The number of anilines is 1. The minimum Gasteiger partial charge on any atom is -0.497 e. The lowest BCUT2D eigenvalue weighted by Gasteiger charge is -2.12. The first kappa shape index (κ1) is 25.2. The van der Waals surface area contributed by atoms with Crippen LogP contribution in [0.2, 0.25) is 0 Å². The molecule has 0 bridgehead atoms. The molecule has 3 aromatic carbocycles. The zero-order valence-electron chi connectivity index (χ0n) is 21.2.